The zero-order chi connectivity index (χ0) is 25.4. The quantitative estimate of drug-likeness (QED) is 0.507. The van der Waals surface area contributed by atoms with Crippen LogP contribution < -0.4 is 4.74 Å². The molecule has 0 aliphatic carbocycles. The van der Waals surface area contributed by atoms with Crippen molar-refractivity contribution in [2.45, 2.75) is 56.0 Å². The summed E-state index contributed by atoms with van der Waals surface area (Å²) in [6, 6.07) is 15.0. The summed E-state index contributed by atoms with van der Waals surface area (Å²) in [5, 5.41) is -0.968. The number of rotatable bonds is 5. The van der Waals surface area contributed by atoms with Crippen LogP contribution in [0.4, 0.5) is 4.79 Å². The first-order valence-corrected chi connectivity index (χ1v) is 13.1. The van der Waals surface area contributed by atoms with Crippen LogP contribution in [0.5, 0.6) is 5.75 Å². The Hall–Kier alpha value is -3.33. The number of benzene rings is 2. The van der Waals surface area contributed by atoms with Crippen molar-refractivity contribution in [1.29, 1.82) is 0 Å². The molecule has 1 amide bonds. The maximum atomic E-state index is 13.6. The SMILES string of the molecule is COc1ccccc1-c1cn2c(n1)C(C(C)S(=O)(=O)c1ccccc1)N(C(=O)OC(C)(C)C)CC2. The van der Waals surface area contributed by atoms with Gasteiger partial charge in [-0.05, 0) is 52.0 Å². The number of hydrogen-bond donors (Lipinski definition) is 0. The molecule has 35 heavy (non-hydrogen) atoms. The lowest BCUT2D eigenvalue weighted by molar-refractivity contribution is 0.00988. The Balaban J connectivity index is 1.82. The van der Waals surface area contributed by atoms with Crippen LogP contribution in [-0.2, 0) is 21.1 Å². The molecule has 9 heteroatoms. The van der Waals surface area contributed by atoms with E-state index in [0.717, 1.165) is 5.56 Å². The highest BCUT2D eigenvalue weighted by molar-refractivity contribution is 7.92. The average molecular weight is 498 g/mol. The van der Waals surface area contributed by atoms with Crippen molar-refractivity contribution >= 4 is 15.9 Å². The fourth-order valence-electron chi connectivity index (χ4n) is 4.31. The molecule has 0 spiro atoms. The van der Waals surface area contributed by atoms with Crippen molar-refractivity contribution in [3.8, 4) is 17.0 Å². The van der Waals surface area contributed by atoms with Gasteiger partial charge in [-0.25, -0.2) is 18.2 Å². The molecule has 1 aliphatic rings. The van der Waals surface area contributed by atoms with Crippen LogP contribution in [0, 0.1) is 0 Å². The zero-order valence-electron chi connectivity index (χ0n) is 20.6. The van der Waals surface area contributed by atoms with Crippen LogP contribution in [-0.4, -0.2) is 53.5 Å². The Labute approximate surface area is 206 Å². The number of carbonyl (C=O) groups excluding carboxylic acids is 1. The number of imidazole rings is 1. The van der Waals surface area contributed by atoms with Gasteiger partial charge in [-0.1, -0.05) is 30.3 Å². The third-order valence-corrected chi connectivity index (χ3v) is 8.17. The monoisotopic (exact) mass is 497 g/mol. The minimum absolute atomic E-state index is 0.199. The summed E-state index contributed by atoms with van der Waals surface area (Å²) in [5.41, 5.74) is 0.717. The number of sulfone groups is 1. The smallest absolute Gasteiger partial charge is 0.411 e. The van der Waals surface area contributed by atoms with Gasteiger partial charge in [-0.3, -0.25) is 4.90 Å². The van der Waals surface area contributed by atoms with Crippen molar-refractivity contribution in [1.82, 2.24) is 14.5 Å². The second-order valence-electron chi connectivity index (χ2n) is 9.56. The third-order valence-electron chi connectivity index (χ3n) is 6.01. The van der Waals surface area contributed by atoms with E-state index in [4.69, 9.17) is 14.5 Å². The van der Waals surface area contributed by atoms with Gasteiger partial charge in [0.15, 0.2) is 9.84 Å². The van der Waals surface area contributed by atoms with Crippen molar-refractivity contribution in [2.24, 2.45) is 0 Å². The normalized spacial score (nSPS) is 16.9. The first-order chi connectivity index (χ1) is 16.5. The molecule has 0 radical (unpaired) electrons. The predicted molar refractivity (Wildman–Crippen MR) is 133 cm³/mol. The van der Waals surface area contributed by atoms with Crippen LogP contribution >= 0.6 is 0 Å². The van der Waals surface area contributed by atoms with Gasteiger partial charge in [0.05, 0.1) is 22.9 Å². The molecule has 1 aliphatic heterocycles. The summed E-state index contributed by atoms with van der Waals surface area (Å²) < 4.78 is 40.3. The van der Waals surface area contributed by atoms with Gasteiger partial charge in [0, 0.05) is 24.8 Å². The molecule has 8 nitrogen and oxygen atoms in total. The Kier molecular flexibility index (Phi) is 6.64. The largest absolute Gasteiger partial charge is 0.496 e. The van der Waals surface area contributed by atoms with Crippen molar-refractivity contribution in [3.05, 3.63) is 66.6 Å². The van der Waals surface area contributed by atoms with Crippen LogP contribution in [0.3, 0.4) is 0 Å². The van der Waals surface area contributed by atoms with E-state index in [2.05, 4.69) is 0 Å². The van der Waals surface area contributed by atoms with Gasteiger partial charge in [0.2, 0.25) is 0 Å². The van der Waals surface area contributed by atoms with Gasteiger partial charge >= 0.3 is 6.09 Å². The number of amides is 1. The van der Waals surface area contributed by atoms with Gasteiger partial charge < -0.3 is 14.0 Å². The van der Waals surface area contributed by atoms with Gasteiger partial charge in [-0.15, -0.1) is 0 Å². The molecule has 2 aromatic carbocycles. The number of nitrogens with zero attached hydrogens (tertiary/aromatic N) is 3. The highest BCUT2D eigenvalue weighted by atomic mass is 32.2. The first-order valence-electron chi connectivity index (χ1n) is 11.5. The Morgan fingerprint density at radius 1 is 1.06 bits per heavy atom. The summed E-state index contributed by atoms with van der Waals surface area (Å²) in [5.74, 6) is 1.16. The van der Waals surface area contributed by atoms with E-state index in [0.29, 0.717) is 30.4 Å². The van der Waals surface area contributed by atoms with Gasteiger partial charge in [0.25, 0.3) is 0 Å². The number of ether oxygens (including phenoxy) is 2. The zero-order valence-corrected chi connectivity index (χ0v) is 21.5. The van der Waals surface area contributed by atoms with Gasteiger partial charge in [0.1, 0.15) is 23.2 Å². The van der Waals surface area contributed by atoms with Crippen LogP contribution in [0.15, 0.2) is 65.7 Å². The third kappa shape index (κ3) is 4.91. The minimum Gasteiger partial charge on any atom is -0.496 e. The number of hydrogen-bond acceptors (Lipinski definition) is 6. The molecule has 1 aromatic heterocycles. The first kappa shape index (κ1) is 24.8. The molecule has 3 aromatic rings. The van der Waals surface area contributed by atoms with Gasteiger partial charge in [-0.2, -0.15) is 0 Å². The summed E-state index contributed by atoms with van der Waals surface area (Å²) in [6.07, 6.45) is 1.32. The fourth-order valence-corrected chi connectivity index (χ4v) is 5.88. The highest BCUT2D eigenvalue weighted by Crippen LogP contribution is 2.38. The molecule has 4 rings (SSSR count). The molecular formula is C26H31N3O5S. The molecule has 2 unspecified atom stereocenters. The Bertz CT molecular complexity index is 1310. The van der Waals surface area contributed by atoms with Crippen molar-refractivity contribution < 1.29 is 22.7 Å². The number of carbonyl (C=O) groups is 1. The second-order valence-corrected chi connectivity index (χ2v) is 11.9. The lowest BCUT2D eigenvalue weighted by Gasteiger charge is -2.39. The van der Waals surface area contributed by atoms with Crippen LogP contribution in [0.25, 0.3) is 11.3 Å². The second kappa shape index (κ2) is 9.37. The molecule has 186 valence electrons. The molecule has 0 N–H and O–H groups in total. The van der Waals surface area contributed by atoms with Crippen LogP contribution in [0.1, 0.15) is 39.6 Å². The number of fused-ring (bicyclic) bond motifs is 1. The lowest BCUT2D eigenvalue weighted by atomic mass is 10.1. The lowest BCUT2D eigenvalue weighted by Crippen LogP contribution is -2.49. The topological polar surface area (TPSA) is 90.7 Å². The summed E-state index contributed by atoms with van der Waals surface area (Å²) >= 11 is 0. The minimum atomic E-state index is -3.79. The summed E-state index contributed by atoms with van der Waals surface area (Å²) in [6.45, 7) is 7.74. The van der Waals surface area contributed by atoms with E-state index in [-0.39, 0.29) is 4.90 Å². The number of methoxy groups -OCH3 is 1. The molecule has 2 heterocycles. The maximum absolute atomic E-state index is 13.6. The van der Waals surface area contributed by atoms with E-state index in [1.165, 1.54) is 4.90 Å². The molecule has 0 saturated carbocycles. The van der Waals surface area contributed by atoms with E-state index in [1.807, 2.05) is 35.0 Å². The number of para-hydroxylation sites is 1. The molecule has 0 fully saturated rings. The van der Waals surface area contributed by atoms with E-state index < -0.39 is 32.8 Å². The summed E-state index contributed by atoms with van der Waals surface area (Å²) in [4.78, 5) is 19.8. The van der Waals surface area contributed by atoms with E-state index >= 15 is 0 Å². The summed E-state index contributed by atoms with van der Waals surface area (Å²) in [7, 11) is -2.19. The Morgan fingerprint density at radius 2 is 1.71 bits per heavy atom. The van der Waals surface area contributed by atoms with E-state index in [9.17, 15) is 13.2 Å². The standard InChI is InChI=1S/C26H31N3O5S/c1-18(35(31,32)19-11-7-6-8-12-19)23-24-27-21(20-13-9-10-14-22(20)33-5)17-28(24)15-16-29(23)25(30)34-26(2,3)4/h6-14,17-18,23H,15-16H2,1-5H3. The molecule has 2 atom stereocenters. The maximum Gasteiger partial charge on any atom is 0.411 e. The van der Waals surface area contributed by atoms with Crippen molar-refractivity contribution in [3.63, 3.8) is 0 Å². The van der Waals surface area contributed by atoms with E-state index in [1.54, 1.807) is 65.1 Å². The van der Waals surface area contributed by atoms with Crippen LogP contribution in [0.2, 0.25) is 0 Å². The molecule has 0 saturated heterocycles. The molecular weight excluding hydrogens is 466 g/mol. The van der Waals surface area contributed by atoms with Crippen molar-refractivity contribution in [2.75, 3.05) is 13.7 Å². The number of aromatic nitrogens is 2. The fraction of sp³-hybridized carbons (Fsp3) is 0.385. The predicted octanol–water partition coefficient (Wildman–Crippen LogP) is 4.71. The average Bonchev–Trinajstić information content (AvgIpc) is 3.26. The Morgan fingerprint density at radius 3 is 2.37 bits per heavy atom. The molecule has 0 bridgehead atoms. The highest BCUT2D eigenvalue weighted by Gasteiger charge is 2.44.